The molecule has 3 heterocycles. The highest BCUT2D eigenvalue weighted by molar-refractivity contribution is 5.75. The van der Waals surface area contributed by atoms with Crippen LogP contribution < -0.4 is 0 Å². The number of imidazole rings is 1. The number of nitrogens with one attached hydrogen (secondary N) is 1. The molecule has 0 atom stereocenters. The molecule has 4 aromatic rings. The first kappa shape index (κ1) is 11.9. The fourth-order valence-corrected chi connectivity index (χ4v) is 2.40. The highest BCUT2D eigenvalue weighted by atomic mass is 15.3. The van der Waals surface area contributed by atoms with E-state index in [0.717, 1.165) is 29.1 Å². The van der Waals surface area contributed by atoms with Gasteiger partial charge in [0.25, 0.3) is 0 Å². The lowest BCUT2D eigenvalue weighted by atomic mass is 10.1. The largest absolute Gasteiger partial charge is 0.335 e. The normalized spacial score (nSPS) is 11.3. The van der Waals surface area contributed by atoms with Crippen molar-refractivity contribution in [2.45, 2.75) is 6.54 Å². The number of hydrogen-bond donors (Lipinski definition) is 1. The second kappa shape index (κ2) is 4.59. The Kier molecular flexibility index (Phi) is 2.60. The first-order valence-corrected chi connectivity index (χ1v) is 6.74. The molecule has 0 aliphatic heterocycles. The molecule has 0 aliphatic rings. The van der Waals surface area contributed by atoms with Gasteiger partial charge >= 0.3 is 0 Å². The molecule has 6 nitrogen and oxygen atoms in total. The molecule has 0 amide bonds. The third-order valence-corrected chi connectivity index (χ3v) is 3.51. The van der Waals surface area contributed by atoms with Gasteiger partial charge in [-0.15, -0.1) is 0 Å². The number of rotatable bonds is 3. The lowest BCUT2D eigenvalue weighted by Gasteiger charge is -2.03. The smallest absolute Gasteiger partial charge is 0.176 e. The van der Waals surface area contributed by atoms with Crippen LogP contribution in [0.4, 0.5) is 0 Å². The van der Waals surface area contributed by atoms with Gasteiger partial charge < -0.3 is 4.98 Å². The predicted molar refractivity (Wildman–Crippen MR) is 79.6 cm³/mol. The van der Waals surface area contributed by atoms with Crippen molar-refractivity contribution in [2.75, 3.05) is 0 Å². The van der Waals surface area contributed by atoms with Crippen LogP contribution in [0, 0.1) is 0 Å². The SMILES string of the molecule is Cn1ncc2[nH]c(-c3ccc(Cn4cccn4)cc3)nc21. The number of aromatic amines is 1. The van der Waals surface area contributed by atoms with Gasteiger partial charge in [-0.2, -0.15) is 10.2 Å². The molecule has 0 unspecified atom stereocenters. The second-order valence-corrected chi connectivity index (χ2v) is 4.99. The summed E-state index contributed by atoms with van der Waals surface area (Å²) in [4.78, 5) is 7.86. The van der Waals surface area contributed by atoms with Crippen LogP contribution in [0.5, 0.6) is 0 Å². The van der Waals surface area contributed by atoms with E-state index in [-0.39, 0.29) is 0 Å². The molecule has 0 saturated heterocycles. The highest BCUT2D eigenvalue weighted by Gasteiger charge is 2.08. The summed E-state index contributed by atoms with van der Waals surface area (Å²) in [6.45, 7) is 0.775. The number of aryl methyl sites for hydroxylation is 1. The van der Waals surface area contributed by atoms with Crippen LogP contribution in [0.25, 0.3) is 22.6 Å². The number of aromatic nitrogens is 6. The van der Waals surface area contributed by atoms with E-state index in [1.165, 1.54) is 5.56 Å². The molecule has 0 spiro atoms. The summed E-state index contributed by atoms with van der Waals surface area (Å²) in [5.41, 5.74) is 4.09. The Morgan fingerprint density at radius 2 is 2.00 bits per heavy atom. The zero-order chi connectivity index (χ0) is 14.2. The van der Waals surface area contributed by atoms with Crippen LogP contribution in [0.1, 0.15) is 5.56 Å². The van der Waals surface area contributed by atoms with Crippen LogP contribution >= 0.6 is 0 Å². The molecule has 104 valence electrons. The maximum Gasteiger partial charge on any atom is 0.176 e. The summed E-state index contributed by atoms with van der Waals surface area (Å²) in [5, 5.41) is 8.37. The molecular formula is C15H14N6. The van der Waals surface area contributed by atoms with Gasteiger partial charge in [-0.1, -0.05) is 24.3 Å². The molecular weight excluding hydrogens is 264 g/mol. The van der Waals surface area contributed by atoms with E-state index in [1.54, 1.807) is 17.1 Å². The first-order chi connectivity index (χ1) is 10.3. The average Bonchev–Trinajstić information content (AvgIpc) is 3.20. The number of hydrogen-bond acceptors (Lipinski definition) is 3. The van der Waals surface area contributed by atoms with Crippen LogP contribution in [0.15, 0.2) is 48.9 Å². The number of benzene rings is 1. The highest BCUT2D eigenvalue weighted by Crippen LogP contribution is 2.20. The summed E-state index contributed by atoms with van der Waals surface area (Å²) in [6, 6.07) is 10.3. The van der Waals surface area contributed by atoms with Crippen LogP contribution in [0.2, 0.25) is 0 Å². The molecule has 6 heteroatoms. The Bertz CT molecular complexity index is 867. The Morgan fingerprint density at radius 3 is 2.71 bits per heavy atom. The van der Waals surface area contributed by atoms with E-state index in [4.69, 9.17) is 0 Å². The lowest BCUT2D eigenvalue weighted by molar-refractivity contribution is 0.687. The Balaban J connectivity index is 1.63. The summed E-state index contributed by atoms with van der Waals surface area (Å²) in [7, 11) is 1.89. The molecule has 1 N–H and O–H groups in total. The molecule has 1 aromatic carbocycles. The average molecular weight is 278 g/mol. The Labute approximate surface area is 121 Å². The molecule has 0 bridgehead atoms. The topological polar surface area (TPSA) is 64.3 Å². The number of H-pyrrole nitrogens is 1. The zero-order valence-electron chi connectivity index (χ0n) is 11.6. The maximum atomic E-state index is 4.58. The van der Waals surface area contributed by atoms with Gasteiger partial charge in [0.1, 0.15) is 11.3 Å². The van der Waals surface area contributed by atoms with Gasteiger partial charge in [0.15, 0.2) is 5.65 Å². The Hall–Kier alpha value is -2.89. The summed E-state index contributed by atoms with van der Waals surface area (Å²) >= 11 is 0. The van der Waals surface area contributed by atoms with Crippen molar-refractivity contribution in [2.24, 2.45) is 7.05 Å². The molecule has 0 radical (unpaired) electrons. The minimum absolute atomic E-state index is 0.775. The summed E-state index contributed by atoms with van der Waals surface area (Å²) in [5.74, 6) is 0.864. The van der Waals surface area contributed by atoms with Crippen LogP contribution in [-0.2, 0) is 13.6 Å². The van der Waals surface area contributed by atoms with E-state index in [0.29, 0.717) is 0 Å². The molecule has 0 aliphatic carbocycles. The molecule has 0 fully saturated rings. The summed E-state index contributed by atoms with van der Waals surface area (Å²) in [6.07, 6.45) is 5.54. The first-order valence-electron chi connectivity index (χ1n) is 6.74. The fraction of sp³-hybridized carbons (Fsp3) is 0.133. The van der Waals surface area contributed by atoms with E-state index in [2.05, 4.69) is 44.4 Å². The van der Waals surface area contributed by atoms with Gasteiger partial charge in [-0.3, -0.25) is 4.68 Å². The molecule has 4 rings (SSSR count). The predicted octanol–water partition coefficient (Wildman–Crippen LogP) is 2.21. The van der Waals surface area contributed by atoms with Crippen molar-refractivity contribution < 1.29 is 0 Å². The number of nitrogens with zero attached hydrogens (tertiary/aromatic N) is 5. The monoisotopic (exact) mass is 278 g/mol. The zero-order valence-corrected chi connectivity index (χ0v) is 11.6. The number of fused-ring (bicyclic) bond motifs is 1. The van der Waals surface area contributed by atoms with Crippen LogP contribution in [-0.4, -0.2) is 29.5 Å². The van der Waals surface area contributed by atoms with Gasteiger partial charge in [0.05, 0.1) is 12.7 Å². The molecule has 0 saturated carbocycles. The van der Waals surface area contributed by atoms with Crippen molar-refractivity contribution in [3.63, 3.8) is 0 Å². The van der Waals surface area contributed by atoms with Crippen molar-refractivity contribution in [3.05, 3.63) is 54.5 Å². The minimum atomic E-state index is 0.775. The van der Waals surface area contributed by atoms with Gasteiger partial charge in [0.2, 0.25) is 0 Å². The molecule has 3 aromatic heterocycles. The van der Waals surface area contributed by atoms with Crippen LogP contribution in [0.3, 0.4) is 0 Å². The van der Waals surface area contributed by atoms with Crippen molar-refractivity contribution >= 4 is 11.2 Å². The standard InChI is InChI=1S/C15H14N6/c1-20-15-13(9-17-20)18-14(19-15)12-5-3-11(4-6-12)10-21-8-2-7-16-21/h2-9H,10H2,1H3,(H,18,19). The summed E-state index contributed by atoms with van der Waals surface area (Å²) < 4.78 is 3.67. The van der Waals surface area contributed by atoms with Gasteiger partial charge in [-0.25, -0.2) is 9.67 Å². The second-order valence-electron chi connectivity index (χ2n) is 4.99. The van der Waals surface area contributed by atoms with Gasteiger partial charge in [-0.05, 0) is 11.6 Å². The lowest BCUT2D eigenvalue weighted by Crippen LogP contribution is -1.99. The van der Waals surface area contributed by atoms with E-state index < -0.39 is 0 Å². The van der Waals surface area contributed by atoms with E-state index >= 15 is 0 Å². The fourth-order valence-electron chi connectivity index (χ4n) is 2.40. The third-order valence-electron chi connectivity index (χ3n) is 3.51. The van der Waals surface area contributed by atoms with Crippen molar-refractivity contribution in [3.8, 4) is 11.4 Å². The van der Waals surface area contributed by atoms with Gasteiger partial charge in [0, 0.05) is 25.0 Å². The quantitative estimate of drug-likeness (QED) is 0.625. The molecule has 21 heavy (non-hydrogen) atoms. The minimum Gasteiger partial charge on any atom is -0.335 e. The van der Waals surface area contributed by atoms with E-state index in [1.807, 2.05) is 24.0 Å². The van der Waals surface area contributed by atoms with E-state index in [9.17, 15) is 0 Å². The van der Waals surface area contributed by atoms with Crippen molar-refractivity contribution in [1.29, 1.82) is 0 Å². The Morgan fingerprint density at radius 1 is 1.14 bits per heavy atom. The maximum absolute atomic E-state index is 4.58. The van der Waals surface area contributed by atoms with Crippen molar-refractivity contribution in [1.82, 2.24) is 29.5 Å². The third kappa shape index (κ3) is 2.10.